The van der Waals surface area contributed by atoms with Crippen LogP contribution in [0.4, 0.5) is 5.69 Å². The van der Waals surface area contributed by atoms with Crippen molar-refractivity contribution in [1.82, 2.24) is 9.88 Å². The Hall–Kier alpha value is -4.54. The van der Waals surface area contributed by atoms with Gasteiger partial charge in [0.25, 0.3) is 5.91 Å². The number of carbonyl (C=O) groups excluding carboxylic acids is 2. The van der Waals surface area contributed by atoms with Crippen molar-refractivity contribution < 1.29 is 14.3 Å². The van der Waals surface area contributed by atoms with Crippen LogP contribution in [0.15, 0.2) is 84.9 Å². The van der Waals surface area contributed by atoms with Crippen molar-refractivity contribution in [3.63, 3.8) is 0 Å². The molecule has 0 bridgehead atoms. The van der Waals surface area contributed by atoms with Gasteiger partial charge in [-0.25, -0.2) is 4.79 Å². The molecule has 0 aliphatic carbocycles. The van der Waals surface area contributed by atoms with E-state index in [-0.39, 0.29) is 6.54 Å². The molecule has 1 aliphatic heterocycles. The third-order valence-corrected chi connectivity index (χ3v) is 6.50. The lowest BCUT2D eigenvalue weighted by Crippen LogP contribution is -2.35. The van der Waals surface area contributed by atoms with Crippen molar-refractivity contribution >= 4 is 28.5 Å². The summed E-state index contributed by atoms with van der Waals surface area (Å²) in [6, 6.07) is 28.6. The van der Waals surface area contributed by atoms with Crippen molar-refractivity contribution in [3.05, 3.63) is 107 Å². The molecule has 0 spiro atoms. The van der Waals surface area contributed by atoms with Crippen LogP contribution in [0.5, 0.6) is 0 Å². The van der Waals surface area contributed by atoms with Crippen molar-refractivity contribution in [1.29, 1.82) is 5.26 Å². The molecule has 0 atom stereocenters. The second-order valence-corrected chi connectivity index (χ2v) is 8.93. The van der Waals surface area contributed by atoms with E-state index in [0.717, 1.165) is 36.3 Å². The zero-order valence-electron chi connectivity index (χ0n) is 20.3. The second kappa shape index (κ2) is 11.0. The van der Waals surface area contributed by atoms with Crippen LogP contribution in [0.2, 0.25) is 0 Å². The zero-order valence-corrected chi connectivity index (χ0v) is 20.3. The number of esters is 1. The van der Waals surface area contributed by atoms with Crippen LogP contribution >= 0.6 is 0 Å². The molecule has 7 heteroatoms. The summed E-state index contributed by atoms with van der Waals surface area (Å²) in [6.07, 6.45) is 0.718. The number of hydrogen-bond donors (Lipinski definition) is 0. The van der Waals surface area contributed by atoms with Crippen LogP contribution in [0.3, 0.4) is 0 Å². The molecule has 7 nitrogen and oxygen atoms in total. The van der Waals surface area contributed by atoms with Gasteiger partial charge in [-0.05, 0) is 23.8 Å². The quantitative estimate of drug-likeness (QED) is 0.280. The standard InChI is InChI=1S/C30H26N4O3/c31-16-18-34(23-11-5-2-6-12-23)28(35)21-37-30(36)29-24-13-7-8-14-26(24)32-27-15-17-33(20-25(27)29)19-22-9-3-1-4-10-22/h1-14H,15,17-21H2. The number of hydrogen-bond acceptors (Lipinski definition) is 6. The highest BCUT2D eigenvalue weighted by atomic mass is 16.5. The summed E-state index contributed by atoms with van der Waals surface area (Å²) in [4.78, 5) is 34.9. The minimum absolute atomic E-state index is 0.136. The largest absolute Gasteiger partial charge is 0.452 e. The maximum Gasteiger partial charge on any atom is 0.339 e. The lowest BCUT2D eigenvalue weighted by atomic mass is 9.95. The third kappa shape index (κ3) is 5.35. The molecule has 4 aromatic rings. The molecular formula is C30H26N4O3. The molecule has 1 aromatic heterocycles. The smallest absolute Gasteiger partial charge is 0.339 e. The first-order valence-electron chi connectivity index (χ1n) is 12.2. The van der Waals surface area contributed by atoms with E-state index in [4.69, 9.17) is 9.72 Å². The van der Waals surface area contributed by atoms with E-state index in [1.165, 1.54) is 10.5 Å². The van der Waals surface area contributed by atoms with E-state index in [0.29, 0.717) is 23.2 Å². The first-order valence-corrected chi connectivity index (χ1v) is 12.2. The number of carbonyl (C=O) groups is 2. The second-order valence-electron chi connectivity index (χ2n) is 8.93. The Morgan fingerprint density at radius 3 is 2.43 bits per heavy atom. The van der Waals surface area contributed by atoms with E-state index in [1.807, 2.05) is 54.6 Å². The number of amides is 1. The van der Waals surface area contributed by atoms with Crippen molar-refractivity contribution in [2.75, 3.05) is 24.6 Å². The van der Waals surface area contributed by atoms with Gasteiger partial charge in [-0.3, -0.25) is 19.6 Å². The van der Waals surface area contributed by atoms with E-state index in [1.54, 1.807) is 24.3 Å². The summed E-state index contributed by atoms with van der Waals surface area (Å²) in [5.74, 6) is -1.02. The Bertz CT molecular complexity index is 1470. The fourth-order valence-corrected chi connectivity index (χ4v) is 4.74. The van der Waals surface area contributed by atoms with Gasteiger partial charge in [-0.1, -0.05) is 66.7 Å². The SMILES string of the molecule is N#CCN(C(=O)COC(=O)c1c2c(nc3ccccc13)CCN(Cc1ccccc1)C2)c1ccccc1. The average molecular weight is 491 g/mol. The van der Waals surface area contributed by atoms with Crippen molar-refractivity contribution in [2.45, 2.75) is 19.5 Å². The summed E-state index contributed by atoms with van der Waals surface area (Å²) in [5, 5.41) is 9.93. The molecule has 2 heterocycles. The number of fused-ring (bicyclic) bond motifs is 2. The van der Waals surface area contributed by atoms with Gasteiger partial charge in [0.15, 0.2) is 6.61 Å². The van der Waals surface area contributed by atoms with Gasteiger partial charge in [0.2, 0.25) is 0 Å². The number of pyridine rings is 1. The summed E-state index contributed by atoms with van der Waals surface area (Å²) in [5.41, 5.74) is 4.69. The van der Waals surface area contributed by atoms with E-state index >= 15 is 0 Å². The van der Waals surface area contributed by atoms with E-state index in [2.05, 4.69) is 17.0 Å². The minimum atomic E-state index is -0.560. The lowest BCUT2D eigenvalue weighted by molar-refractivity contribution is -0.121. The molecule has 0 saturated carbocycles. The molecule has 37 heavy (non-hydrogen) atoms. The molecule has 0 saturated heterocycles. The normalized spacial score (nSPS) is 12.9. The van der Waals surface area contributed by atoms with Crippen molar-refractivity contribution in [3.8, 4) is 6.07 Å². The maximum atomic E-state index is 13.5. The van der Waals surface area contributed by atoms with Crippen LogP contribution in [0, 0.1) is 11.3 Å². The number of ether oxygens (including phenoxy) is 1. The molecule has 0 fully saturated rings. The Kier molecular flexibility index (Phi) is 7.20. The number of aromatic nitrogens is 1. The highest BCUT2D eigenvalue weighted by Gasteiger charge is 2.27. The first-order chi connectivity index (χ1) is 18.1. The number of nitrogens with zero attached hydrogens (tertiary/aromatic N) is 4. The maximum absolute atomic E-state index is 13.5. The van der Waals surface area contributed by atoms with E-state index < -0.39 is 18.5 Å². The summed E-state index contributed by atoms with van der Waals surface area (Å²) >= 11 is 0. The highest BCUT2D eigenvalue weighted by molar-refractivity contribution is 6.06. The molecular weight excluding hydrogens is 464 g/mol. The van der Waals surface area contributed by atoms with E-state index in [9.17, 15) is 14.9 Å². The Morgan fingerprint density at radius 1 is 0.973 bits per heavy atom. The van der Waals surface area contributed by atoms with Crippen LogP contribution in [0.25, 0.3) is 10.9 Å². The predicted octanol–water partition coefficient (Wildman–Crippen LogP) is 4.51. The summed E-state index contributed by atoms with van der Waals surface area (Å²) < 4.78 is 5.58. The molecule has 0 N–H and O–H groups in total. The molecule has 1 aliphatic rings. The third-order valence-electron chi connectivity index (χ3n) is 6.50. The van der Waals surface area contributed by atoms with Gasteiger partial charge < -0.3 is 4.74 Å². The van der Waals surface area contributed by atoms with Gasteiger partial charge in [0.05, 0.1) is 17.1 Å². The number of rotatable bonds is 7. The van der Waals surface area contributed by atoms with Crippen molar-refractivity contribution in [2.24, 2.45) is 0 Å². The Morgan fingerprint density at radius 2 is 1.68 bits per heavy atom. The lowest BCUT2D eigenvalue weighted by Gasteiger charge is -2.30. The molecule has 0 unspecified atom stereocenters. The first kappa shape index (κ1) is 24.2. The fraction of sp³-hybridized carbons (Fsp3) is 0.200. The van der Waals surface area contributed by atoms with Gasteiger partial charge >= 0.3 is 5.97 Å². The summed E-state index contributed by atoms with van der Waals surface area (Å²) in [7, 11) is 0. The van der Waals surface area contributed by atoms with Gasteiger partial charge in [-0.2, -0.15) is 5.26 Å². The number of benzene rings is 3. The molecule has 0 radical (unpaired) electrons. The number of nitriles is 1. The van der Waals surface area contributed by atoms with Crippen LogP contribution in [-0.4, -0.2) is 41.5 Å². The average Bonchev–Trinajstić information content (AvgIpc) is 2.94. The number of anilines is 1. The van der Waals surface area contributed by atoms with Gasteiger partial charge in [-0.15, -0.1) is 0 Å². The highest BCUT2D eigenvalue weighted by Crippen LogP contribution is 2.29. The van der Waals surface area contributed by atoms with Gasteiger partial charge in [0, 0.05) is 48.4 Å². The Balaban J connectivity index is 1.41. The predicted molar refractivity (Wildman–Crippen MR) is 141 cm³/mol. The summed E-state index contributed by atoms with van der Waals surface area (Å²) in [6.45, 7) is 1.56. The van der Waals surface area contributed by atoms with Crippen LogP contribution in [-0.2, 0) is 29.0 Å². The monoisotopic (exact) mass is 490 g/mol. The molecule has 5 rings (SSSR count). The fourth-order valence-electron chi connectivity index (χ4n) is 4.74. The topological polar surface area (TPSA) is 86.5 Å². The minimum Gasteiger partial charge on any atom is -0.452 e. The Labute approximate surface area is 215 Å². The number of para-hydroxylation sites is 2. The molecule has 3 aromatic carbocycles. The zero-order chi connectivity index (χ0) is 25.6. The molecule has 184 valence electrons. The van der Waals surface area contributed by atoms with Crippen LogP contribution in [0.1, 0.15) is 27.2 Å². The van der Waals surface area contributed by atoms with Gasteiger partial charge in [0.1, 0.15) is 6.54 Å². The van der Waals surface area contributed by atoms with Crippen LogP contribution < -0.4 is 4.90 Å². The molecule has 1 amide bonds.